The largest absolute Gasteiger partial charge is 0.481 e. The molecule has 0 spiro atoms. The third kappa shape index (κ3) is 29.5. The van der Waals surface area contributed by atoms with Gasteiger partial charge in [0, 0.05) is 6.42 Å². The van der Waals surface area contributed by atoms with Crippen LogP contribution in [0.2, 0.25) is 0 Å². The number of hydrogen-bond acceptors (Lipinski definition) is 2. The van der Waals surface area contributed by atoms with Gasteiger partial charge in [0.15, 0.2) is 0 Å². The zero-order valence-corrected chi connectivity index (χ0v) is 20.1. The van der Waals surface area contributed by atoms with Crippen LogP contribution in [0, 0.1) is 5.92 Å². The topological polar surface area (TPSA) is 63.3 Å². The van der Waals surface area contributed by atoms with Crippen molar-refractivity contribution in [2.45, 2.75) is 136 Å². The molecule has 3 N–H and O–H groups in total. The maximum absolute atomic E-state index is 10.3. The van der Waals surface area contributed by atoms with Crippen molar-refractivity contribution in [1.29, 1.82) is 0 Å². The first kappa shape index (κ1) is 30.4. The summed E-state index contributed by atoms with van der Waals surface area (Å²) >= 11 is 0. The fourth-order valence-electron chi connectivity index (χ4n) is 3.33. The van der Waals surface area contributed by atoms with Crippen LogP contribution in [-0.2, 0) is 4.79 Å². The zero-order chi connectivity index (χ0) is 22.0. The van der Waals surface area contributed by atoms with Crippen LogP contribution < -0.4 is 5.73 Å². The second-order valence-corrected chi connectivity index (χ2v) is 8.38. The Bertz CT molecular complexity index is 338. The van der Waals surface area contributed by atoms with E-state index in [1.54, 1.807) is 0 Å². The van der Waals surface area contributed by atoms with Gasteiger partial charge in [-0.25, -0.2) is 0 Å². The van der Waals surface area contributed by atoms with Gasteiger partial charge in [-0.05, 0) is 51.0 Å². The van der Waals surface area contributed by atoms with Crippen molar-refractivity contribution < 1.29 is 9.90 Å². The van der Waals surface area contributed by atoms with Gasteiger partial charge < -0.3 is 10.8 Å². The molecule has 0 saturated carbocycles. The highest BCUT2D eigenvalue weighted by Gasteiger charge is 2.00. The minimum atomic E-state index is -0.664. The van der Waals surface area contributed by atoms with Crippen LogP contribution in [0.25, 0.3) is 0 Å². The molecule has 1 unspecified atom stereocenters. The molecule has 0 bridgehead atoms. The van der Waals surface area contributed by atoms with E-state index in [0.29, 0.717) is 6.42 Å². The van der Waals surface area contributed by atoms with Crippen LogP contribution in [0.5, 0.6) is 0 Å². The van der Waals surface area contributed by atoms with E-state index >= 15 is 0 Å². The number of rotatable bonds is 20. The molecule has 3 heteroatoms. The number of carboxylic acid groups (broad SMARTS) is 1. The Morgan fingerprint density at radius 3 is 1.69 bits per heavy atom. The number of nitrogens with two attached hydrogens (primary N) is 1. The number of hydrogen-bond donors (Lipinski definition) is 2. The van der Waals surface area contributed by atoms with Crippen LogP contribution in [0.3, 0.4) is 0 Å². The predicted molar refractivity (Wildman–Crippen MR) is 129 cm³/mol. The Morgan fingerprint density at radius 2 is 1.24 bits per heavy atom. The van der Waals surface area contributed by atoms with Gasteiger partial charge in [-0.15, -0.1) is 0 Å². The van der Waals surface area contributed by atoms with Gasteiger partial charge in [0.1, 0.15) is 0 Å². The van der Waals surface area contributed by atoms with Gasteiger partial charge in [0.05, 0.1) is 0 Å². The molecule has 0 saturated heterocycles. The summed E-state index contributed by atoms with van der Waals surface area (Å²) in [5.41, 5.74) is 5.52. The summed E-state index contributed by atoms with van der Waals surface area (Å²) in [5.74, 6) is 0.118. The van der Waals surface area contributed by atoms with Crippen LogP contribution in [0.15, 0.2) is 12.2 Å². The Balaban J connectivity index is 0. The molecular weight excluding hydrogens is 358 g/mol. The van der Waals surface area contributed by atoms with Crippen molar-refractivity contribution in [3.05, 3.63) is 12.2 Å². The SMILES string of the molecule is CCCCC(CC)CN.CCCCCCCC/C=C\CCCCCCCC(=O)O. The lowest BCUT2D eigenvalue weighted by atomic mass is 10.00. The molecule has 0 aliphatic heterocycles. The van der Waals surface area contributed by atoms with E-state index in [1.807, 2.05) is 0 Å². The van der Waals surface area contributed by atoms with Crippen molar-refractivity contribution in [3.63, 3.8) is 0 Å². The van der Waals surface area contributed by atoms with Gasteiger partial charge in [-0.2, -0.15) is 0 Å². The lowest BCUT2D eigenvalue weighted by Gasteiger charge is -2.09. The minimum Gasteiger partial charge on any atom is -0.481 e. The molecule has 0 fully saturated rings. The standard InChI is InChI=1S/C18H34O2.C8H19N/c1-2-3-4-5-6-7-8-9-10-11-12-13-14-15-16-17-18(19)20;1-3-5-6-8(4-2)7-9/h9-10H,2-8,11-17H2,1H3,(H,19,20);8H,3-7,9H2,1-2H3/b10-9-;. The minimum absolute atomic E-state index is 0.332. The summed E-state index contributed by atoms with van der Waals surface area (Å²) in [4.78, 5) is 10.3. The first-order valence-corrected chi connectivity index (χ1v) is 12.7. The smallest absolute Gasteiger partial charge is 0.303 e. The molecule has 0 aromatic heterocycles. The highest BCUT2D eigenvalue weighted by atomic mass is 16.4. The molecule has 174 valence electrons. The van der Waals surface area contributed by atoms with Gasteiger partial charge in [0.2, 0.25) is 0 Å². The molecule has 29 heavy (non-hydrogen) atoms. The summed E-state index contributed by atoms with van der Waals surface area (Å²) in [6.07, 6.45) is 26.5. The molecule has 0 amide bonds. The molecule has 3 nitrogen and oxygen atoms in total. The fourth-order valence-corrected chi connectivity index (χ4v) is 3.33. The van der Waals surface area contributed by atoms with E-state index in [1.165, 1.54) is 96.3 Å². The molecule has 0 heterocycles. The first-order chi connectivity index (χ1) is 14.1. The van der Waals surface area contributed by atoms with Crippen LogP contribution in [-0.4, -0.2) is 17.6 Å². The second kappa shape index (κ2) is 27.2. The third-order valence-electron chi connectivity index (χ3n) is 5.53. The molecule has 0 aliphatic carbocycles. The van der Waals surface area contributed by atoms with Crippen molar-refractivity contribution in [3.8, 4) is 0 Å². The highest BCUT2D eigenvalue weighted by Crippen LogP contribution is 2.10. The number of unbranched alkanes of at least 4 members (excludes halogenated alkanes) is 12. The van der Waals surface area contributed by atoms with Crippen molar-refractivity contribution in [1.82, 2.24) is 0 Å². The molecule has 0 aliphatic rings. The average molecular weight is 412 g/mol. The molecule has 0 aromatic rings. The molecule has 0 rings (SSSR count). The normalized spacial score (nSPS) is 12.0. The molecule has 0 radical (unpaired) electrons. The van der Waals surface area contributed by atoms with Crippen LogP contribution in [0.1, 0.15) is 136 Å². The first-order valence-electron chi connectivity index (χ1n) is 12.7. The Morgan fingerprint density at radius 1 is 0.759 bits per heavy atom. The number of carboxylic acids is 1. The van der Waals surface area contributed by atoms with Crippen molar-refractivity contribution in [2.24, 2.45) is 11.7 Å². The maximum Gasteiger partial charge on any atom is 0.303 e. The zero-order valence-electron chi connectivity index (χ0n) is 20.1. The lowest BCUT2D eigenvalue weighted by Crippen LogP contribution is -2.12. The summed E-state index contributed by atoms with van der Waals surface area (Å²) < 4.78 is 0. The van der Waals surface area contributed by atoms with Crippen molar-refractivity contribution in [2.75, 3.05) is 6.54 Å². The van der Waals surface area contributed by atoms with Crippen LogP contribution in [0.4, 0.5) is 0 Å². The fraction of sp³-hybridized carbons (Fsp3) is 0.885. The molecule has 0 aromatic carbocycles. The van der Waals surface area contributed by atoms with E-state index in [9.17, 15) is 4.79 Å². The van der Waals surface area contributed by atoms with E-state index in [0.717, 1.165) is 25.3 Å². The Kier molecular flexibility index (Phi) is 28.4. The monoisotopic (exact) mass is 411 g/mol. The maximum atomic E-state index is 10.3. The van der Waals surface area contributed by atoms with Gasteiger partial charge in [0.25, 0.3) is 0 Å². The van der Waals surface area contributed by atoms with E-state index < -0.39 is 5.97 Å². The summed E-state index contributed by atoms with van der Waals surface area (Å²) in [6, 6.07) is 0. The average Bonchev–Trinajstić information content (AvgIpc) is 2.72. The van der Waals surface area contributed by atoms with E-state index in [4.69, 9.17) is 10.8 Å². The van der Waals surface area contributed by atoms with Gasteiger partial charge >= 0.3 is 5.97 Å². The Hall–Kier alpha value is -0.830. The summed E-state index contributed by atoms with van der Waals surface area (Å²) in [5, 5.41) is 8.51. The van der Waals surface area contributed by atoms with E-state index in [-0.39, 0.29) is 0 Å². The molecule has 1 atom stereocenters. The quantitative estimate of drug-likeness (QED) is 0.156. The number of aliphatic carboxylic acids is 1. The summed E-state index contributed by atoms with van der Waals surface area (Å²) in [6.45, 7) is 7.57. The predicted octanol–water partition coefficient (Wildman–Crippen LogP) is 8.27. The summed E-state index contributed by atoms with van der Waals surface area (Å²) in [7, 11) is 0. The van der Waals surface area contributed by atoms with E-state index in [2.05, 4.69) is 32.9 Å². The Labute approximate surface area is 182 Å². The van der Waals surface area contributed by atoms with Crippen molar-refractivity contribution >= 4 is 5.97 Å². The van der Waals surface area contributed by atoms with Gasteiger partial charge in [-0.3, -0.25) is 4.79 Å². The van der Waals surface area contributed by atoms with Crippen LogP contribution >= 0.6 is 0 Å². The highest BCUT2D eigenvalue weighted by molar-refractivity contribution is 5.66. The number of carbonyl (C=O) groups is 1. The second-order valence-electron chi connectivity index (χ2n) is 8.38. The lowest BCUT2D eigenvalue weighted by molar-refractivity contribution is -0.137. The third-order valence-corrected chi connectivity index (χ3v) is 5.53. The number of allylic oxidation sites excluding steroid dienone is 2. The molecular formula is C26H53NO2. The van der Waals surface area contributed by atoms with Gasteiger partial charge in [-0.1, -0.05) is 104 Å².